The van der Waals surface area contributed by atoms with Gasteiger partial charge in [-0.1, -0.05) is 13.3 Å². The predicted octanol–water partition coefficient (Wildman–Crippen LogP) is 2.01. The van der Waals surface area contributed by atoms with Crippen LogP contribution >= 0.6 is 0 Å². The smallest absolute Gasteiger partial charge is 0.224 e. The summed E-state index contributed by atoms with van der Waals surface area (Å²) in [4.78, 5) is 17.3. The molecule has 0 aromatic carbocycles. The van der Waals surface area contributed by atoms with E-state index < -0.39 is 0 Å². The molecule has 0 spiro atoms. The van der Waals surface area contributed by atoms with E-state index in [1.54, 1.807) is 0 Å². The van der Waals surface area contributed by atoms with Crippen LogP contribution < -0.4 is 0 Å². The van der Waals surface area contributed by atoms with Crippen molar-refractivity contribution >= 4 is 5.91 Å². The Balaban J connectivity index is 1.58. The largest absolute Gasteiger partial charge is 0.379 e. The monoisotopic (exact) mass is 319 g/mol. The highest BCUT2D eigenvalue weighted by Gasteiger charge is 2.38. The molecule has 3 heterocycles. The van der Waals surface area contributed by atoms with Crippen LogP contribution in [0, 0.1) is 5.92 Å². The second kappa shape index (κ2) is 7.49. The van der Waals surface area contributed by atoms with Crippen LogP contribution in [-0.4, -0.2) is 65.7 Å². The van der Waals surface area contributed by atoms with Gasteiger partial charge in [-0.15, -0.1) is 0 Å². The second-order valence-corrected chi connectivity index (χ2v) is 6.87. The van der Waals surface area contributed by atoms with Gasteiger partial charge in [0.25, 0.3) is 0 Å². The molecule has 1 aromatic rings. The standard InChI is InChI=1S/C18H29N3O2/c1-3-16-13-21(14-17(16)20-8-10-23-11-9-20)18(22)12-15(2)19-6-4-5-7-19/h4-7,15-17H,3,8-14H2,1-2H3/t15-,16-,17-/m1/s1. The Hall–Kier alpha value is -1.33. The fourth-order valence-electron chi connectivity index (χ4n) is 3.91. The van der Waals surface area contributed by atoms with Crippen LogP contribution in [0.25, 0.3) is 0 Å². The first-order chi connectivity index (χ1) is 11.2. The minimum atomic E-state index is 0.222. The number of ether oxygens (including phenoxy) is 1. The molecule has 0 aliphatic carbocycles. The lowest BCUT2D eigenvalue weighted by atomic mass is 9.99. The molecule has 0 N–H and O–H groups in total. The molecule has 2 aliphatic heterocycles. The highest BCUT2D eigenvalue weighted by atomic mass is 16.5. The molecule has 128 valence electrons. The molecule has 0 radical (unpaired) electrons. The summed E-state index contributed by atoms with van der Waals surface area (Å²) in [7, 11) is 0. The predicted molar refractivity (Wildman–Crippen MR) is 90.3 cm³/mol. The number of likely N-dealkylation sites (tertiary alicyclic amines) is 1. The minimum Gasteiger partial charge on any atom is -0.379 e. The van der Waals surface area contributed by atoms with E-state index in [2.05, 4.69) is 28.2 Å². The lowest BCUT2D eigenvalue weighted by Gasteiger charge is -2.34. The van der Waals surface area contributed by atoms with Gasteiger partial charge in [0.1, 0.15) is 0 Å². The average Bonchev–Trinajstić information content (AvgIpc) is 3.25. The fraction of sp³-hybridized carbons (Fsp3) is 0.722. The lowest BCUT2D eigenvalue weighted by Crippen LogP contribution is -2.47. The quantitative estimate of drug-likeness (QED) is 0.833. The molecule has 0 saturated carbocycles. The van der Waals surface area contributed by atoms with E-state index in [1.807, 2.05) is 24.5 Å². The van der Waals surface area contributed by atoms with E-state index in [1.165, 1.54) is 0 Å². The maximum atomic E-state index is 12.7. The Morgan fingerprint density at radius 2 is 1.91 bits per heavy atom. The van der Waals surface area contributed by atoms with Crippen LogP contribution in [0.5, 0.6) is 0 Å². The Morgan fingerprint density at radius 3 is 2.57 bits per heavy atom. The van der Waals surface area contributed by atoms with Crippen LogP contribution in [0.15, 0.2) is 24.5 Å². The topological polar surface area (TPSA) is 37.7 Å². The zero-order valence-corrected chi connectivity index (χ0v) is 14.4. The summed E-state index contributed by atoms with van der Waals surface area (Å²) in [5.41, 5.74) is 0. The molecule has 1 amide bonds. The number of rotatable bonds is 5. The number of nitrogens with zero attached hydrogens (tertiary/aromatic N) is 3. The molecule has 0 bridgehead atoms. The zero-order valence-electron chi connectivity index (χ0n) is 14.4. The zero-order chi connectivity index (χ0) is 16.2. The molecular formula is C18H29N3O2. The number of morpholine rings is 1. The van der Waals surface area contributed by atoms with Crippen molar-refractivity contribution in [2.75, 3.05) is 39.4 Å². The van der Waals surface area contributed by atoms with Gasteiger partial charge in [0, 0.05) is 57.1 Å². The Labute approximate surface area is 139 Å². The number of carbonyl (C=O) groups excluding carboxylic acids is 1. The first-order valence-corrected chi connectivity index (χ1v) is 8.91. The summed E-state index contributed by atoms with van der Waals surface area (Å²) in [5, 5.41) is 0. The van der Waals surface area contributed by atoms with E-state index in [0.29, 0.717) is 24.3 Å². The summed E-state index contributed by atoms with van der Waals surface area (Å²) >= 11 is 0. The summed E-state index contributed by atoms with van der Waals surface area (Å²) in [5.74, 6) is 0.888. The Morgan fingerprint density at radius 1 is 1.22 bits per heavy atom. The van der Waals surface area contributed by atoms with E-state index in [-0.39, 0.29) is 6.04 Å². The number of hydrogen-bond donors (Lipinski definition) is 0. The second-order valence-electron chi connectivity index (χ2n) is 6.87. The van der Waals surface area contributed by atoms with Gasteiger partial charge in [0.15, 0.2) is 0 Å². The Kier molecular flexibility index (Phi) is 5.38. The molecule has 3 atom stereocenters. The van der Waals surface area contributed by atoms with E-state index in [9.17, 15) is 4.79 Å². The SMILES string of the molecule is CC[C@@H]1CN(C(=O)C[C@@H](C)n2cccc2)C[C@H]1N1CCOCC1. The average molecular weight is 319 g/mol. The first kappa shape index (κ1) is 16.5. The summed E-state index contributed by atoms with van der Waals surface area (Å²) < 4.78 is 7.59. The summed E-state index contributed by atoms with van der Waals surface area (Å²) in [6, 6.07) is 4.76. The molecule has 2 aliphatic rings. The summed E-state index contributed by atoms with van der Waals surface area (Å²) in [6.45, 7) is 9.81. The van der Waals surface area contributed by atoms with Crippen molar-refractivity contribution in [2.45, 2.75) is 38.8 Å². The van der Waals surface area contributed by atoms with Gasteiger partial charge in [-0.05, 0) is 25.0 Å². The van der Waals surface area contributed by atoms with Gasteiger partial charge < -0.3 is 14.2 Å². The van der Waals surface area contributed by atoms with Gasteiger partial charge in [0.2, 0.25) is 5.91 Å². The molecule has 2 saturated heterocycles. The molecular weight excluding hydrogens is 290 g/mol. The van der Waals surface area contributed by atoms with Crippen molar-refractivity contribution in [3.8, 4) is 0 Å². The molecule has 2 fully saturated rings. The third-order valence-corrected chi connectivity index (χ3v) is 5.40. The molecule has 5 heteroatoms. The normalized spacial score (nSPS) is 27.3. The van der Waals surface area contributed by atoms with Crippen LogP contribution in [0.3, 0.4) is 0 Å². The number of aromatic nitrogens is 1. The van der Waals surface area contributed by atoms with Crippen molar-refractivity contribution in [2.24, 2.45) is 5.92 Å². The van der Waals surface area contributed by atoms with Gasteiger partial charge in [0.05, 0.1) is 13.2 Å². The number of amides is 1. The molecule has 0 unspecified atom stereocenters. The van der Waals surface area contributed by atoms with Crippen molar-refractivity contribution < 1.29 is 9.53 Å². The van der Waals surface area contributed by atoms with Gasteiger partial charge in [-0.3, -0.25) is 9.69 Å². The molecule has 5 nitrogen and oxygen atoms in total. The van der Waals surface area contributed by atoms with E-state index in [4.69, 9.17) is 4.74 Å². The lowest BCUT2D eigenvalue weighted by molar-refractivity contribution is -0.131. The first-order valence-electron chi connectivity index (χ1n) is 8.91. The van der Waals surface area contributed by atoms with Gasteiger partial charge in [-0.2, -0.15) is 0 Å². The number of hydrogen-bond acceptors (Lipinski definition) is 3. The fourth-order valence-corrected chi connectivity index (χ4v) is 3.91. The van der Waals surface area contributed by atoms with Crippen molar-refractivity contribution in [1.82, 2.24) is 14.4 Å². The number of carbonyl (C=O) groups is 1. The summed E-state index contributed by atoms with van der Waals surface area (Å²) in [6.07, 6.45) is 5.79. The molecule has 3 rings (SSSR count). The van der Waals surface area contributed by atoms with E-state index in [0.717, 1.165) is 45.8 Å². The van der Waals surface area contributed by atoms with Gasteiger partial charge >= 0.3 is 0 Å². The van der Waals surface area contributed by atoms with Crippen molar-refractivity contribution in [3.05, 3.63) is 24.5 Å². The third kappa shape index (κ3) is 3.78. The van der Waals surface area contributed by atoms with Crippen molar-refractivity contribution in [3.63, 3.8) is 0 Å². The van der Waals surface area contributed by atoms with Crippen LogP contribution in [0.4, 0.5) is 0 Å². The minimum absolute atomic E-state index is 0.222. The van der Waals surface area contributed by atoms with E-state index >= 15 is 0 Å². The molecule has 1 aromatic heterocycles. The van der Waals surface area contributed by atoms with Crippen LogP contribution in [0.1, 0.15) is 32.7 Å². The Bertz CT molecular complexity index is 496. The third-order valence-electron chi connectivity index (χ3n) is 5.40. The highest BCUT2D eigenvalue weighted by Crippen LogP contribution is 2.27. The van der Waals surface area contributed by atoms with Crippen LogP contribution in [-0.2, 0) is 9.53 Å². The van der Waals surface area contributed by atoms with Crippen LogP contribution in [0.2, 0.25) is 0 Å². The maximum absolute atomic E-state index is 12.7. The van der Waals surface area contributed by atoms with Crippen molar-refractivity contribution in [1.29, 1.82) is 0 Å². The molecule has 23 heavy (non-hydrogen) atoms. The van der Waals surface area contributed by atoms with Gasteiger partial charge in [-0.25, -0.2) is 0 Å². The highest BCUT2D eigenvalue weighted by molar-refractivity contribution is 5.77. The maximum Gasteiger partial charge on any atom is 0.224 e.